The van der Waals surface area contributed by atoms with E-state index in [0.29, 0.717) is 17.6 Å². The molecule has 3 rings (SSSR count). The van der Waals surface area contributed by atoms with E-state index < -0.39 is 0 Å². The molecule has 0 bridgehead atoms. The summed E-state index contributed by atoms with van der Waals surface area (Å²) in [7, 11) is 0. The molecule has 24 heavy (non-hydrogen) atoms. The number of carbonyl (C=O) groups excluding carboxylic acids is 1. The number of rotatable bonds is 6. The molecule has 2 nitrogen and oxygen atoms in total. The highest BCUT2D eigenvalue weighted by Gasteiger charge is 2.22. The molecule has 1 atom stereocenters. The second kappa shape index (κ2) is 9.28. The van der Waals surface area contributed by atoms with Gasteiger partial charge in [-0.25, -0.2) is 0 Å². The van der Waals surface area contributed by atoms with E-state index in [1.165, 1.54) is 10.4 Å². The maximum Gasteiger partial charge on any atom is 0.222 e. The lowest BCUT2D eigenvalue weighted by Crippen LogP contribution is -2.32. The largest absolute Gasteiger partial charge is 0.342 e. The summed E-state index contributed by atoms with van der Waals surface area (Å²) >= 11 is 3.84. The number of thioether (sulfide) groups is 1. The van der Waals surface area contributed by atoms with Gasteiger partial charge in [-0.3, -0.25) is 4.79 Å². The third kappa shape index (κ3) is 5.12. The van der Waals surface area contributed by atoms with Crippen molar-refractivity contribution in [1.29, 1.82) is 0 Å². The van der Waals surface area contributed by atoms with E-state index in [2.05, 4.69) is 46.7 Å². The lowest BCUT2D eigenvalue weighted by Gasteiger charge is -2.20. The van der Waals surface area contributed by atoms with Gasteiger partial charge in [0.15, 0.2) is 0 Å². The highest BCUT2D eigenvalue weighted by molar-refractivity contribution is 7.99. The van der Waals surface area contributed by atoms with Gasteiger partial charge in [-0.1, -0.05) is 36.4 Å². The third-order valence-corrected chi connectivity index (χ3v) is 6.95. The average Bonchev–Trinajstić information content (AvgIpc) is 3.04. The first-order chi connectivity index (χ1) is 11.8. The number of thiophene rings is 1. The van der Waals surface area contributed by atoms with Crippen molar-refractivity contribution in [2.24, 2.45) is 0 Å². The van der Waals surface area contributed by atoms with Gasteiger partial charge in [0.2, 0.25) is 5.91 Å². The Morgan fingerprint density at radius 2 is 1.96 bits per heavy atom. The molecule has 1 unspecified atom stereocenters. The molecular formula is C20H25NOS2. The van der Waals surface area contributed by atoms with Crippen molar-refractivity contribution in [1.82, 2.24) is 4.90 Å². The van der Waals surface area contributed by atoms with Crippen molar-refractivity contribution < 1.29 is 4.79 Å². The lowest BCUT2D eigenvalue weighted by molar-refractivity contribution is -0.131. The fourth-order valence-electron chi connectivity index (χ4n) is 3.13. The van der Waals surface area contributed by atoms with Crippen LogP contribution in [0.1, 0.15) is 41.4 Å². The zero-order valence-corrected chi connectivity index (χ0v) is 15.7. The summed E-state index contributed by atoms with van der Waals surface area (Å²) in [6.45, 7) is 1.82. The van der Waals surface area contributed by atoms with Crippen molar-refractivity contribution >= 4 is 29.0 Å². The molecule has 1 aromatic carbocycles. The Kier molecular flexibility index (Phi) is 6.79. The Bertz CT molecular complexity index is 612. The fraction of sp³-hybridized carbons (Fsp3) is 0.450. The van der Waals surface area contributed by atoms with E-state index in [1.807, 2.05) is 29.2 Å². The minimum atomic E-state index is 0.343. The number of carbonyl (C=O) groups is 1. The minimum absolute atomic E-state index is 0.343. The zero-order chi connectivity index (χ0) is 16.6. The van der Waals surface area contributed by atoms with Gasteiger partial charge in [-0.15, -0.1) is 11.3 Å². The monoisotopic (exact) mass is 359 g/mol. The average molecular weight is 360 g/mol. The van der Waals surface area contributed by atoms with Crippen LogP contribution in [0.2, 0.25) is 0 Å². The van der Waals surface area contributed by atoms with Crippen molar-refractivity contribution in [3.8, 4) is 0 Å². The topological polar surface area (TPSA) is 20.3 Å². The van der Waals surface area contributed by atoms with Gasteiger partial charge in [0.1, 0.15) is 0 Å². The van der Waals surface area contributed by atoms with Crippen LogP contribution in [-0.4, -0.2) is 29.6 Å². The number of benzene rings is 1. The fourth-order valence-corrected chi connectivity index (χ4v) is 5.37. The van der Waals surface area contributed by atoms with Crippen LogP contribution in [0.4, 0.5) is 0 Å². The molecule has 0 aliphatic carbocycles. The number of hydrogen-bond donors (Lipinski definition) is 0. The first kappa shape index (κ1) is 17.6. The summed E-state index contributed by atoms with van der Waals surface area (Å²) in [5.41, 5.74) is 1.37. The van der Waals surface area contributed by atoms with Crippen molar-refractivity contribution in [2.75, 3.05) is 18.8 Å². The number of amides is 1. The highest BCUT2D eigenvalue weighted by Crippen LogP contribution is 2.36. The number of unbranched alkanes of at least 4 members (excludes halogenated alkanes) is 1. The van der Waals surface area contributed by atoms with Crippen LogP contribution in [0, 0.1) is 0 Å². The highest BCUT2D eigenvalue weighted by atomic mass is 32.2. The van der Waals surface area contributed by atoms with Gasteiger partial charge < -0.3 is 4.90 Å². The molecule has 0 saturated carbocycles. The van der Waals surface area contributed by atoms with Gasteiger partial charge in [0.25, 0.3) is 0 Å². The first-order valence-electron chi connectivity index (χ1n) is 8.79. The van der Waals surface area contributed by atoms with Crippen LogP contribution in [0.5, 0.6) is 0 Å². The quantitative estimate of drug-likeness (QED) is 0.663. The van der Waals surface area contributed by atoms with Crippen LogP contribution < -0.4 is 0 Å². The molecule has 1 amide bonds. The normalized spacial score (nSPS) is 18.3. The van der Waals surface area contributed by atoms with Crippen LogP contribution in [0.3, 0.4) is 0 Å². The molecule has 1 saturated heterocycles. The third-order valence-electron chi connectivity index (χ3n) is 4.50. The maximum absolute atomic E-state index is 12.5. The van der Waals surface area contributed by atoms with Gasteiger partial charge >= 0.3 is 0 Å². The molecule has 1 fully saturated rings. The van der Waals surface area contributed by atoms with E-state index in [4.69, 9.17) is 0 Å². The molecular weight excluding hydrogens is 334 g/mol. The number of hydrogen-bond acceptors (Lipinski definition) is 3. The second-order valence-electron chi connectivity index (χ2n) is 6.24. The van der Waals surface area contributed by atoms with Crippen molar-refractivity contribution in [2.45, 2.75) is 37.4 Å². The molecule has 0 radical (unpaired) electrons. The zero-order valence-electron chi connectivity index (χ0n) is 14.0. The molecule has 1 aromatic heterocycles. The van der Waals surface area contributed by atoms with Crippen molar-refractivity contribution in [3.63, 3.8) is 0 Å². The molecule has 0 N–H and O–H groups in total. The van der Waals surface area contributed by atoms with Gasteiger partial charge in [-0.2, -0.15) is 11.8 Å². The molecule has 1 aliphatic heterocycles. The Labute approximate surface area is 153 Å². The van der Waals surface area contributed by atoms with E-state index in [-0.39, 0.29) is 0 Å². The SMILES string of the molecule is O=C(CCCCc1ccccc1)N1CCSC(c2cccs2)CC1. The van der Waals surface area contributed by atoms with E-state index in [1.54, 1.807) is 0 Å². The van der Waals surface area contributed by atoms with Gasteiger partial charge in [0.05, 0.1) is 0 Å². The lowest BCUT2D eigenvalue weighted by atomic mass is 10.1. The summed E-state index contributed by atoms with van der Waals surface area (Å²) < 4.78 is 0. The second-order valence-corrected chi connectivity index (χ2v) is 8.53. The molecule has 1 aliphatic rings. The van der Waals surface area contributed by atoms with E-state index >= 15 is 0 Å². The first-order valence-corrected chi connectivity index (χ1v) is 10.7. The molecule has 0 spiro atoms. The van der Waals surface area contributed by atoms with E-state index in [9.17, 15) is 4.79 Å². The van der Waals surface area contributed by atoms with E-state index in [0.717, 1.165) is 44.5 Å². The molecule has 2 heterocycles. The van der Waals surface area contributed by atoms with Crippen LogP contribution in [0.25, 0.3) is 0 Å². The molecule has 4 heteroatoms. The van der Waals surface area contributed by atoms with Crippen LogP contribution in [0.15, 0.2) is 47.8 Å². The van der Waals surface area contributed by atoms with Crippen LogP contribution >= 0.6 is 23.1 Å². The Hall–Kier alpha value is -1.26. The summed E-state index contributed by atoms with van der Waals surface area (Å²) in [5, 5.41) is 2.72. The Balaban J connectivity index is 1.39. The molecule has 128 valence electrons. The summed E-state index contributed by atoms with van der Waals surface area (Å²) in [4.78, 5) is 16.0. The Morgan fingerprint density at radius 3 is 2.75 bits per heavy atom. The molecule has 2 aromatic rings. The van der Waals surface area contributed by atoms with Crippen molar-refractivity contribution in [3.05, 3.63) is 58.3 Å². The van der Waals surface area contributed by atoms with Gasteiger partial charge in [-0.05, 0) is 42.7 Å². The number of nitrogens with zero attached hydrogens (tertiary/aromatic N) is 1. The summed E-state index contributed by atoms with van der Waals surface area (Å²) in [5.74, 6) is 1.40. The minimum Gasteiger partial charge on any atom is -0.342 e. The summed E-state index contributed by atoms with van der Waals surface area (Å²) in [6.07, 6.45) is 4.94. The van der Waals surface area contributed by atoms with Gasteiger partial charge in [0, 0.05) is 35.4 Å². The smallest absolute Gasteiger partial charge is 0.222 e. The van der Waals surface area contributed by atoms with Crippen LogP contribution in [-0.2, 0) is 11.2 Å². The predicted molar refractivity (Wildman–Crippen MR) is 105 cm³/mol. The number of aryl methyl sites for hydroxylation is 1. The maximum atomic E-state index is 12.5. The summed E-state index contributed by atoms with van der Waals surface area (Å²) in [6, 6.07) is 14.9. The predicted octanol–water partition coefficient (Wildman–Crippen LogP) is 5.17. The Morgan fingerprint density at radius 1 is 1.08 bits per heavy atom. The standard InChI is InChI=1S/C20H25NOS2/c22-20(11-5-4-9-17-7-2-1-3-8-17)21-13-12-19(24-16-14-21)18-10-6-15-23-18/h1-3,6-8,10,15,19H,4-5,9,11-14,16H2.